The van der Waals surface area contributed by atoms with Crippen molar-refractivity contribution < 1.29 is 4.92 Å². The maximum Gasteiger partial charge on any atom is 0.284 e. The fourth-order valence-electron chi connectivity index (χ4n) is 1.68. The van der Waals surface area contributed by atoms with E-state index in [0.29, 0.717) is 4.47 Å². The molecule has 1 aromatic carbocycles. The van der Waals surface area contributed by atoms with Crippen LogP contribution in [0.1, 0.15) is 0 Å². The zero-order chi connectivity index (χ0) is 12.7. The van der Waals surface area contributed by atoms with Gasteiger partial charge in [0.05, 0.1) is 15.1 Å². The summed E-state index contributed by atoms with van der Waals surface area (Å²) in [6.45, 7) is 0. The minimum Gasteiger partial charge on any atom is -0.297 e. The van der Waals surface area contributed by atoms with Gasteiger partial charge in [0.15, 0.2) is 4.96 Å². The number of benzene rings is 1. The third-order valence-corrected chi connectivity index (χ3v) is 3.97. The fourth-order valence-corrected chi connectivity index (χ4v) is 2.77. The average Bonchev–Trinajstić information content (AvgIpc) is 2.89. The maximum absolute atomic E-state index is 10.9. The summed E-state index contributed by atoms with van der Waals surface area (Å²) >= 11 is 4.69. The summed E-state index contributed by atoms with van der Waals surface area (Å²) in [4.78, 5) is 15.8. The monoisotopic (exact) mass is 323 g/mol. The quantitative estimate of drug-likeness (QED) is 0.533. The first-order valence-electron chi connectivity index (χ1n) is 5.01. The number of nitrogens with zero attached hydrogens (tertiary/aromatic N) is 3. The van der Waals surface area contributed by atoms with Crippen LogP contribution in [0.4, 0.5) is 5.69 Å². The number of nitro benzene ring substituents is 1. The summed E-state index contributed by atoms with van der Waals surface area (Å²) in [6, 6.07) is 5.00. The first-order chi connectivity index (χ1) is 8.65. The van der Waals surface area contributed by atoms with Crippen molar-refractivity contribution in [3.63, 3.8) is 0 Å². The molecule has 0 aliphatic rings. The Kier molecular flexibility index (Phi) is 2.64. The molecule has 18 heavy (non-hydrogen) atoms. The molecule has 0 amide bonds. The van der Waals surface area contributed by atoms with E-state index in [2.05, 4.69) is 20.9 Å². The minimum atomic E-state index is -0.411. The molecule has 2 heterocycles. The third-order valence-electron chi connectivity index (χ3n) is 2.53. The lowest BCUT2D eigenvalue weighted by atomic mass is 10.1. The van der Waals surface area contributed by atoms with Crippen molar-refractivity contribution in [2.45, 2.75) is 0 Å². The van der Waals surface area contributed by atoms with Gasteiger partial charge in [0.25, 0.3) is 5.69 Å². The van der Waals surface area contributed by atoms with Gasteiger partial charge in [-0.05, 0) is 22.0 Å². The van der Waals surface area contributed by atoms with Crippen LogP contribution in [0.15, 0.2) is 40.4 Å². The van der Waals surface area contributed by atoms with Crippen molar-refractivity contribution in [3.05, 3.63) is 50.6 Å². The van der Waals surface area contributed by atoms with Crippen LogP contribution in [0.3, 0.4) is 0 Å². The van der Waals surface area contributed by atoms with Crippen LogP contribution in [-0.4, -0.2) is 14.3 Å². The molecule has 7 heteroatoms. The van der Waals surface area contributed by atoms with E-state index in [-0.39, 0.29) is 5.69 Å². The molecule has 3 rings (SSSR count). The second-order valence-corrected chi connectivity index (χ2v) is 5.37. The smallest absolute Gasteiger partial charge is 0.284 e. The lowest BCUT2D eigenvalue weighted by Gasteiger charge is -1.98. The molecule has 0 saturated heterocycles. The summed E-state index contributed by atoms with van der Waals surface area (Å²) in [5.74, 6) is 0. The minimum absolute atomic E-state index is 0.0452. The van der Waals surface area contributed by atoms with Crippen LogP contribution in [0.5, 0.6) is 0 Å². The highest BCUT2D eigenvalue weighted by Crippen LogP contribution is 2.30. The van der Waals surface area contributed by atoms with E-state index >= 15 is 0 Å². The Morgan fingerprint density at radius 3 is 3.00 bits per heavy atom. The van der Waals surface area contributed by atoms with Crippen molar-refractivity contribution in [1.82, 2.24) is 9.38 Å². The van der Waals surface area contributed by atoms with E-state index in [9.17, 15) is 10.1 Å². The summed E-state index contributed by atoms with van der Waals surface area (Å²) in [5.41, 5.74) is 1.52. The van der Waals surface area contributed by atoms with E-state index in [1.165, 1.54) is 17.4 Å². The Morgan fingerprint density at radius 1 is 1.44 bits per heavy atom. The number of aromatic nitrogens is 2. The summed E-state index contributed by atoms with van der Waals surface area (Å²) < 4.78 is 2.37. The molecular formula is C11H6BrN3O2S. The maximum atomic E-state index is 10.9. The van der Waals surface area contributed by atoms with Gasteiger partial charge < -0.3 is 0 Å². The summed E-state index contributed by atoms with van der Waals surface area (Å²) in [5, 5.41) is 12.8. The van der Waals surface area contributed by atoms with Gasteiger partial charge in [0.2, 0.25) is 0 Å². The second kappa shape index (κ2) is 4.18. The Labute approximate surface area is 114 Å². The first-order valence-corrected chi connectivity index (χ1v) is 6.69. The van der Waals surface area contributed by atoms with Crippen LogP contribution in [-0.2, 0) is 0 Å². The van der Waals surface area contributed by atoms with Gasteiger partial charge in [-0.3, -0.25) is 14.5 Å². The van der Waals surface area contributed by atoms with E-state index < -0.39 is 4.92 Å². The predicted octanol–water partition coefficient (Wildman–Crippen LogP) is 3.73. The number of halogens is 1. The molecule has 90 valence electrons. The number of hydrogen-bond acceptors (Lipinski definition) is 4. The first kappa shape index (κ1) is 11.4. The molecular weight excluding hydrogens is 318 g/mol. The molecule has 3 aromatic rings. The van der Waals surface area contributed by atoms with E-state index in [1.807, 2.05) is 28.2 Å². The highest BCUT2D eigenvalue weighted by Gasteiger charge is 2.14. The molecule has 0 radical (unpaired) electrons. The molecule has 0 aliphatic heterocycles. The third kappa shape index (κ3) is 1.81. The predicted molar refractivity (Wildman–Crippen MR) is 72.9 cm³/mol. The number of nitro groups is 1. The Morgan fingerprint density at radius 2 is 2.28 bits per heavy atom. The molecule has 0 saturated carbocycles. The van der Waals surface area contributed by atoms with E-state index in [0.717, 1.165) is 16.2 Å². The molecule has 0 N–H and O–H groups in total. The highest BCUT2D eigenvalue weighted by atomic mass is 79.9. The average molecular weight is 324 g/mol. The zero-order valence-electron chi connectivity index (χ0n) is 8.91. The number of rotatable bonds is 2. The lowest BCUT2D eigenvalue weighted by molar-refractivity contribution is -0.385. The van der Waals surface area contributed by atoms with Gasteiger partial charge in [-0.25, -0.2) is 4.98 Å². The van der Waals surface area contributed by atoms with Crippen LogP contribution in [0.25, 0.3) is 16.2 Å². The molecule has 0 bridgehead atoms. The summed E-state index contributed by atoms with van der Waals surface area (Å²) in [7, 11) is 0. The molecule has 0 aliphatic carbocycles. The molecule has 5 nitrogen and oxygen atoms in total. The Balaban J connectivity index is 2.14. The van der Waals surface area contributed by atoms with Gasteiger partial charge in [0, 0.05) is 29.4 Å². The number of imidazole rings is 1. The largest absolute Gasteiger partial charge is 0.297 e. The van der Waals surface area contributed by atoms with E-state index in [4.69, 9.17) is 0 Å². The fraction of sp³-hybridized carbons (Fsp3) is 0. The Hall–Kier alpha value is -1.73. The number of thiazole rings is 1. The van der Waals surface area contributed by atoms with Crippen molar-refractivity contribution in [2.24, 2.45) is 0 Å². The van der Waals surface area contributed by atoms with Crippen molar-refractivity contribution in [1.29, 1.82) is 0 Å². The zero-order valence-corrected chi connectivity index (χ0v) is 11.3. The van der Waals surface area contributed by atoms with Gasteiger partial charge >= 0.3 is 0 Å². The van der Waals surface area contributed by atoms with Crippen LogP contribution >= 0.6 is 27.3 Å². The van der Waals surface area contributed by atoms with E-state index in [1.54, 1.807) is 6.07 Å². The molecule has 0 fully saturated rings. The topological polar surface area (TPSA) is 60.4 Å². The standard InChI is InChI=1S/C11H6BrN3O2S/c12-8-2-1-7(5-10(8)15(16)17)9-6-14-3-4-18-11(14)13-9/h1-6H. The van der Waals surface area contributed by atoms with Crippen molar-refractivity contribution >= 4 is 37.9 Å². The molecule has 0 spiro atoms. The molecule has 0 atom stereocenters. The summed E-state index contributed by atoms with van der Waals surface area (Å²) in [6.07, 6.45) is 3.77. The second-order valence-electron chi connectivity index (χ2n) is 3.64. The van der Waals surface area contributed by atoms with Crippen molar-refractivity contribution in [3.8, 4) is 11.3 Å². The molecule has 2 aromatic heterocycles. The Bertz CT molecular complexity index is 721. The van der Waals surface area contributed by atoms with Gasteiger partial charge in [-0.2, -0.15) is 0 Å². The van der Waals surface area contributed by atoms with Crippen LogP contribution in [0.2, 0.25) is 0 Å². The SMILES string of the molecule is O=[N+]([O-])c1cc(-c2cn3ccsc3n2)ccc1Br. The molecule has 0 unspecified atom stereocenters. The number of hydrogen-bond donors (Lipinski definition) is 0. The van der Waals surface area contributed by atoms with Gasteiger partial charge in [-0.15, -0.1) is 11.3 Å². The normalized spacial score (nSPS) is 10.9. The van der Waals surface area contributed by atoms with Gasteiger partial charge in [-0.1, -0.05) is 6.07 Å². The van der Waals surface area contributed by atoms with Crippen LogP contribution < -0.4 is 0 Å². The lowest BCUT2D eigenvalue weighted by Crippen LogP contribution is -1.90. The highest BCUT2D eigenvalue weighted by molar-refractivity contribution is 9.10. The van der Waals surface area contributed by atoms with Crippen molar-refractivity contribution in [2.75, 3.05) is 0 Å². The van der Waals surface area contributed by atoms with Crippen LogP contribution in [0, 0.1) is 10.1 Å². The van der Waals surface area contributed by atoms with Gasteiger partial charge in [0.1, 0.15) is 0 Å². The number of fused-ring (bicyclic) bond motifs is 1.